The van der Waals surface area contributed by atoms with E-state index in [1.54, 1.807) is 24.3 Å². The van der Waals surface area contributed by atoms with E-state index in [-0.39, 0.29) is 12.5 Å². The highest BCUT2D eigenvalue weighted by molar-refractivity contribution is 7.20. The minimum Gasteiger partial charge on any atom is -0.462 e. The molecule has 152 valence electrons. The topological polar surface area (TPSA) is 72.7 Å². The van der Waals surface area contributed by atoms with Crippen LogP contribution < -0.4 is 5.32 Å². The lowest BCUT2D eigenvalue weighted by molar-refractivity contribution is 0.0528. The molecule has 0 spiro atoms. The first-order chi connectivity index (χ1) is 14.5. The van der Waals surface area contributed by atoms with Gasteiger partial charge in [0.15, 0.2) is 0 Å². The van der Waals surface area contributed by atoms with E-state index in [4.69, 9.17) is 4.74 Å². The minimum atomic E-state index is -0.461. The number of aromatic nitrogens is 2. The summed E-state index contributed by atoms with van der Waals surface area (Å²) in [5.74, 6) is -0.783. The monoisotopic (exact) mass is 419 g/mol. The number of rotatable bonds is 5. The van der Waals surface area contributed by atoms with E-state index in [0.29, 0.717) is 22.0 Å². The van der Waals surface area contributed by atoms with E-state index in [2.05, 4.69) is 10.3 Å². The molecule has 0 aliphatic carbocycles. The molecule has 0 atom stereocenters. The van der Waals surface area contributed by atoms with Crippen molar-refractivity contribution in [2.24, 2.45) is 0 Å². The number of hydrogen-bond acceptors (Lipinski definition) is 5. The van der Waals surface area contributed by atoms with E-state index in [1.165, 1.54) is 11.3 Å². The molecule has 1 aromatic carbocycles. The first-order valence-corrected chi connectivity index (χ1v) is 10.4. The molecular weight excluding hydrogens is 398 g/mol. The maximum absolute atomic E-state index is 13.2. The Morgan fingerprint density at radius 2 is 1.90 bits per heavy atom. The van der Waals surface area contributed by atoms with Crippen LogP contribution in [0.1, 0.15) is 39.0 Å². The summed E-state index contributed by atoms with van der Waals surface area (Å²) in [4.78, 5) is 31.1. The van der Waals surface area contributed by atoms with Crippen molar-refractivity contribution in [3.8, 4) is 10.4 Å². The molecule has 1 amide bonds. The van der Waals surface area contributed by atoms with Gasteiger partial charge >= 0.3 is 5.97 Å². The highest BCUT2D eigenvalue weighted by Crippen LogP contribution is 2.36. The lowest BCUT2D eigenvalue weighted by atomic mass is 10.1. The van der Waals surface area contributed by atoms with E-state index in [0.717, 1.165) is 21.7 Å². The smallest absolute Gasteiger partial charge is 0.341 e. The van der Waals surface area contributed by atoms with Crippen LogP contribution in [0.5, 0.6) is 0 Å². The van der Waals surface area contributed by atoms with E-state index in [1.807, 2.05) is 55.6 Å². The number of aryl methyl sites for hydroxylation is 2. The summed E-state index contributed by atoms with van der Waals surface area (Å²) in [7, 11) is 0. The molecule has 0 fully saturated rings. The fourth-order valence-electron chi connectivity index (χ4n) is 3.34. The summed E-state index contributed by atoms with van der Waals surface area (Å²) in [6, 6.07) is 15.3. The number of esters is 1. The average molecular weight is 420 g/mol. The predicted molar refractivity (Wildman–Crippen MR) is 118 cm³/mol. The number of anilines is 1. The number of carbonyl (C=O) groups excluding carboxylic acids is 2. The molecule has 0 unspecified atom stereocenters. The average Bonchev–Trinajstić information content (AvgIpc) is 3.30. The van der Waals surface area contributed by atoms with Crippen LogP contribution in [0.3, 0.4) is 0 Å². The number of pyridine rings is 1. The van der Waals surface area contributed by atoms with Crippen LogP contribution in [0.15, 0.2) is 54.7 Å². The maximum Gasteiger partial charge on any atom is 0.341 e. The molecule has 3 aromatic heterocycles. The van der Waals surface area contributed by atoms with Crippen LogP contribution in [-0.4, -0.2) is 27.9 Å². The Balaban J connectivity index is 1.74. The van der Waals surface area contributed by atoms with Crippen molar-refractivity contribution in [3.63, 3.8) is 0 Å². The van der Waals surface area contributed by atoms with Crippen LogP contribution in [0.4, 0.5) is 5.00 Å². The number of thiophene rings is 1. The summed E-state index contributed by atoms with van der Waals surface area (Å²) in [5, 5.41) is 3.37. The minimum absolute atomic E-state index is 0.258. The molecule has 0 saturated heterocycles. The van der Waals surface area contributed by atoms with Crippen LogP contribution in [-0.2, 0) is 4.74 Å². The number of amides is 1. The quantitative estimate of drug-likeness (QED) is 0.456. The Kier molecular flexibility index (Phi) is 5.37. The van der Waals surface area contributed by atoms with Crippen molar-refractivity contribution in [1.82, 2.24) is 9.38 Å². The summed E-state index contributed by atoms with van der Waals surface area (Å²) >= 11 is 1.34. The fourth-order valence-corrected chi connectivity index (χ4v) is 4.39. The molecule has 0 saturated carbocycles. The predicted octanol–water partition coefficient (Wildman–Crippen LogP) is 5.11. The third-order valence-corrected chi connectivity index (χ3v) is 5.85. The summed E-state index contributed by atoms with van der Waals surface area (Å²) < 4.78 is 6.97. The van der Waals surface area contributed by atoms with Gasteiger partial charge in [0.25, 0.3) is 5.91 Å². The second-order valence-electron chi connectivity index (χ2n) is 6.82. The summed E-state index contributed by atoms with van der Waals surface area (Å²) in [6.45, 7) is 5.77. The maximum atomic E-state index is 13.2. The highest BCUT2D eigenvalue weighted by Gasteiger charge is 2.23. The van der Waals surface area contributed by atoms with E-state index in [9.17, 15) is 9.59 Å². The fraction of sp³-hybridized carbons (Fsp3) is 0.174. The molecular formula is C23H21N3O3S. The Morgan fingerprint density at radius 1 is 1.13 bits per heavy atom. The molecule has 0 aliphatic rings. The van der Waals surface area contributed by atoms with Crippen LogP contribution in [0, 0.1) is 13.8 Å². The van der Waals surface area contributed by atoms with Gasteiger partial charge in [-0.15, -0.1) is 11.3 Å². The molecule has 0 radical (unpaired) electrons. The zero-order valence-corrected chi connectivity index (χ0v) is 17.7. The van der Waals surface area contributed by atoms with Crippen LogP contribution >= 0.6 is 11.3 Å². The Labute approximate surface area is 178 Å². The molecule has 7 heteroatoms. The first kappa shape index (κ1) is 19.8. The Hall–Kier alpha value is -3.45. The van der Waals surface area contributed by atoms with Crippen molar-refractivity contribution < 1.29 is 14.3 Å². The molecule has 30 heavy (non-hydrogen) atoms. The largest absolute Gasteiger partial charge is 0.462 e. The third-order valence-electron chi connectivity index (χ3n) is 4.75. The molecule has 1 N–H and O–H groups in total. The van der Waals surface area contributed by atoms with Crippen molar-refractivity contribution >= 4 is 33.9 Å². The second kappa shape index (κ2) is 8.12. The third kappa shape index (κ3) is 3.59. The molecule has 0 bridgehead atoms. The lowest BCUT2D eigenvalue weighted by Gasteiger charge is -2.07. The molecule has 0 aliphatic heterocycles. The van der Waals surface area contributed by atoms with Gasteiger partial charge in [-0.2, -0.15) is 0 Å². The van der Waals surface area contributed by atoms with Crippen molar-refractivity contribution in [1.29, 1.82) is 0 Å². The van der Waals surface area contributed by atoms with Gasteiger partial charge in [-0.25, -0.2) is 9.78 Å². The SMILES string of the molecule is CCOC(=O)c1cc(-c2ccccc2)sc1NC(=O)c1c(C)nc2c(C)cccn12. The van der Waals surface area contributed by atoms with Gasteiger partial charge < -0.3 is 10.1 Å². The standard InChI is InChI=1S/C23H21N3O3S/c1-4-29-23(28)17-13-18(16-10-6-5-7-11-16)30-22(17)25-21(27)19-15(3)24-20-14(2)9-8-12-26(19)20/h5-13H,4H2,1-3H3,(H,25,27). The number of nitrogens with one attached hydrogen (secondary N) is 1. The number of ether oxygens (including phenoxy) is 1. The molecule has 4 rings (SSSR count). The lowest BCUT2D eigenvalue weighted by Crippen LogP contribution is -2.17. The zero-order chi connectivity index (χ0) is 21.3. The van der Waals surface area contributed by atoms with Crippen LogP contribution in [0.2, 0.25) is 0 Å². The van der Waals surface area contributed by atoms with Crippen LogP contribution in [0.25, 0.3) is 16.1 Å². The Bertz CT molecular complexity index is 1240. The molecule has 3 heterocycles. The summed E-state index contributed by atoms with van der Waals surface area (Å²) in [6.07, 6.45) is 1.81. The van der Waals surface area contributed by atoms with Gasteiger partial charge in [-0.3, -0.25) is 9.20 Å². The number of benzene rings is 1. The van der Waals surface area contributed by atoms with Gasteiger partial charge in [0, 0.05) is 11.1 Å². The van der Waals surface area contributed by atoms with Gasteiger partial charge in [0.1, 0.15) is 16.3 Å². The number of carbonyl (C=O) groups is 2. The molecule has 4 aromatic rings. The van der Waals surface area contributed by atoms with Crippen molar-refractivity contribution in [2.75, 3.05) is 11.9 Å². The number of hydrogen-bond donors (Lipinski definition) is 1. The number of fused-ring (bicyclic) bond motifs is 1. The number of imidazole rings is 1. The molecule has 6 nitrogen and oxygen atoms in total. The highest BCUT2D eigenvalue weighted by atomic mass is 32.1. The van der Waals surface area contributed by atoms with Gasteiger partial charge in [-0.05, 0) is 44.0 Å². The second-order valence-corrected chi connectivity index (χ2v) is 7.88. The van der Waals surface area contributed by atoms with Crippen molar-refractivity contribution in [2.45, 2.75) is 20.8 Å². The first-order valence-electron chi connectivity index (χ1n) is 9.61. The van der Waals surface area contributed by atoms with Gasteiger partial charge in [0.2, 0.25) is 0 Å². The van der Waals surface area contributed by atoms with Gasteiger partial charge in [0.05, 0.1) is 17.9 Å². The Morgan fingerprint density at radius 3 is 2.63 bits per heavy atom. The normalized spacial score (nSPS) is 10.9. The van der Waals surface area contributed by atoms with E-state index < -0.39 is 5.97 Å². The summed E-state index contributed by atoms with van der Waals surface area (Å²) in [5.41, 5.74) is 4.10. The number of nitrogens with zero attached hydrogens (tertiary/aromatic N) is 2. The zero-order valence-electron chi connectivity index (χ0n) is 16.9. The van der Waals surface area contributed by atoms with Gasteiger partial charge in [-0.1, -0.05) is 36.4 Å². The van der Waals surface area contributed by atoms with E-state index >= 15 is 0 Å². The van der Waals surface area contributed by atoms with Crippen molar-refractivity contribution in [3.05, 3.63) is 77.2 Å².